The normalized spacial score (nSPS) is 15.2. The van der Waals surface area contributed by atoms with E-state index in [9.17, 15) is 0 Å². The van der Waals surface area contributed by atoms with Crippen LogP contribution < -0.4 is 0 Å². The second-order valence-corrected chi connectivity index (χ2v) is 6.43. The van der Waals surface area contributed by atoms with E-state index >= 15 is 0 Å². The molecule has 0 aromatic heterocycles. The highest BCUT2D eigenvalue weighted by molar-refractivity contribution is 14.1. The molecule has 0 radical (unpaired) electrons. The first-order valence-corrected chi connectivity index (χ1v) is 7.53. The lowest BCUT2D eigenvalue weighted by Crippen LogP contribution is -2.11. The zero-order valence-electron chi connectivity index (χ0n) is 6.38. The van der Waals surface area contributed by atoms with Crippen molar-refractivity contribution in [2.75, 3.05) is 4.43 Å². The van der Waals surface area contributed by atoms with Gasteiger partial charge in [0.25, 0.3) is 5.95 Å². The van der Waals surface area contributed by atoms with Gasteiger partial charge in [0.05, 0.1) is 0 Å². The highest BCUT2D eigenvalue weighted by Gasteiger charge is 2.13. The third-order valence-corrected chi connectivity index (χ3v) is 6.03. The van der Waals surface area contributed by atoms with Crippen LogP contribution in [0, 0.1) is 0 Å². The molecular formula is C7H11I3O2. The number of allylic oxidation sites excluding steroid dienone is 1. The van der Waals surface area contributed by atoms with Crippen LogP contribution in [0.3, 0.4) is 0 Å². The number of aliphatic hydroxyl groups excluding tert-OH is 1. The van der Waals surface area contributed by atoms with E-state index in [2.05, 4.69) is 67.8 Å². The molecule has 0 spiro atoms. The van der Waals surface area contributed by atoms with Crippen LogP contribution in [-0.2, 0) is 0 Å². The standard InChI is InChI=1S/C7H11I3O2/c8-3-1-2-5(9)6(10)4-7(11)12/h4-6,11-12H,1-3H2. The minimum Gasteiger partial charge on any atom is -0.481 e. The van der Waals surface area contributed by atoms with Gasteiger partial charge in [-0.25, -0.2) is 0 Å². The highest BCUT2D eigenvalue weighted by atomic mass is 127. The quantitative estimate of drug-likeness (QED) is 0.338. The summed E-state index contributed by atoms with van der Waals surface area (Å²) in [6, 6.07) is 0. The maximum atomic E-state index is 8.60. The predicted molar refractivity (Wildman–Crippen MR) is 77.1 cm³/mol. The van der Waals surface area contributed by atoms with Crippen LogP contribution >= 0.6 is 67.8 Å². The Morgan fingerprint density at radius 2 is 1.92 bits per heavy atom. The molecule has 0 amide bonds. The van der Waals surface area contributed by atoms with Gasteiger partial charge in [-0.05, 0) is 17.3 Å². The predicted octanol–water partition coefficient (Wildman–Crippen LogP) is 3.77. The highest BCUT2D eigenvalue weighted by Crippen LogP contribution is 2.22. The van der Waals surface area contributed by atoms with Crippen molar-refractivity contribution >= 4 is 67.8 Å². The van der Waals surface area contributed by atoms with Crippen LogP contribution in [0.25, 0.3) is 0 Å². The maximum absolute atomic E-state index is 8.60. The fraction of sp³-hybridized carbons (Fsp3) is 0.714. The Morgan fingerprint density at radius 1 is 1.33 bits per heavy atom. The van der Waals surface area contributed by atoms with Crippen LogP contribution in [0.2, 0.25) is 0 Å². The maximum Gasteiger partial charge on any atom is 0.270 e. The lowest BCUT2D eigenvalue weighted by molar-refractivity contribution is 0.189. The van der Waals surface area contributed by atoms with Crippen LogP contribution in [-0.4, -0.2) is 22.5 Å². The zero-order chi connectivity index (χ0) is 9.56. The number of hydrogen-bond acceptors (Lipinski definition) is 2. The molecule has 0 saturated heterocycles. The molecule has 72 valence electrons. The van der Waals surface area contributed by atoms with Crippen molar-refractivity contribution in [3.05, 3.63) is 12.0 Å². The molecule has 0 aromatic rings. The summed E-state index contributed by atoms with van der Waals surface area (Å²) in [5.74, 6) is -0.564. The van der Waals surface area contributed by atoms with Crippen molar-refractivity contribution in [2.24, 2.45) is 0 Å². The molecule has 0 fully saturated rings. The van der Waals surface area contributed by atoms with E-state index in [1.807, 2.05) is 0 Å². The van der Waals surface area contributed by atoms with E-state index in [1.165, 1.54) is 12.5 Å². The fourth-order valence-corrected chi connectivity index (χ4v) is 2.45. The van der Waals surface area contributed by atoms with Gasteiger partial charge >= 0.3 is 0 Å². The molecule has 2 nitrogen and oxygen atoms in total. The van der Waals surface area contributed by atoms with Gasteiger partial charge in [0.2, 0.25) is 0 Å². The van der Waals surface area contributed by atoms with Crippen molar-refractivity contribution in [3.8, 4) is 0 Å². The summed E-state index contributed by atoms with van der Waals surface area (Å²) in [4.78, 5) is 0. The molecule has 12 heavy (non-hydrogen) atoms. The minimum atomic E-state index is -0.564. The number of halogens is 3. The third-order valence-electron chi connectivity index (χ3n) is 1.27. The SMILES string of the molecule is OC(O)=CC(I)C(I)CCCI. The number of rotatable bonds is 5. The average molecular weight is 508 g/mol. The van der Waals surface area contributed by atoms with E-state index in [-0.39, 0.29) is 3.92 Å². The van der Waals surface area contributed by atoms with Crippen LogP contribution in [0.15, 0.2) is 12.0 Å². The first kappa shape index (κ1) is 13.5. The lowest BCUT2D eigenvalue weighted by Gasteiger charge is -2.11. The summed E-state index contributed by atoms with van der Waals surface area (Å²) in [6.07, 6.45) is 3.79. The average Bonchev–Trinajstić information content (AvgIpc) is 1.98. The zero-order valence-corrected chi connectivity index (χ0v) is 12.9. The Balaban J connectivity index is 3.76. The summed E-state index contributed by atoms with van der Waals surface area (Å²) in [7, 11) is 0. The fourth-order valence-electron chi connectivity index (χ4n) is 0.678. The largest absolute Gasteiger partial charge is 0.481 e. The molecule has 0 aliphatic carbocycles. The third kappa shape index (κ3) is 6.98. The van der Waals surface area contributed by atoms with E-state index in [0.717, 1.165) is 10.8 Å². The minimum absolute atomic E-state index is 0.205. The van der Waals surface area contributed by atoms with Gasteiger partial charge in [0.1, 0.15) is 0 Å². The summed E-state index contributed by atoms with van der Waals surface area (Å²) in [5.41, 5.74) is 0. The second-order valence-electron chi connectivity index (χ2n) is 2.32. The molecule has 0 aliphatic heterocycles. The summed E-state index contributed by atoms with van der Waals surface area (Å²) < 4.78 is 1.85. The van der Waals surface area contributed by atoms with Gasteiger partial charge in [-0.15, -0.1) is 0 Å². The van der Waals surface area contributed by atoms with Gasteiger partial charge in [-0.3, -0.25) is 0 Å². The Morgan fingerprint density at radius 3 is 2.33 bits per heavy atom. The Bertz CT molecular complexity index is 146. The van der Waals surface area contributed by atoms with Gasteiger partial charge in [-0.2, -0.15) is 0 Å². The summed E-state index contributed by atoms with van der Waals surface area (Å²) in [6.45, 7) is 0. The molecule has 2 atom stereocenters. The van der Waals surface area contributed by atoms with Crippen molar-refractivity contribution in [1.29, 1.82) is 0 Å². The smallest absolute Gasteiger partial charge is 0.270 e. The van der Waals surface area contributed by atoms with Crippen LogP contribution in [0.1, 0.15) is 12.8 Å². The Hall–Kier alpha value is 1.53. The van der Waals surface area contributed by atoms with Crippen molar-refractivity contribution < 1.29 is 10.2 Å². The molecule has 0 bridgehead atoms. The van der Waals surface area contributed by atoms with Crippen molar-refractivity contribution in [2.45, 2.75) is 20.7 Å². The molecule has 0 aromatic carbocycles. The van der Waals surface area contributed by atoms with Gasteiger partial charge < -0.3 is 10.2 Å². The Labute approximate surface area is 114 Å². The molecule has 2 unspecified atom stereocenters. The first-order valence-electron chi connectivity index (χ1n) is 3.51. The molecule has 5 heteroatoms. The van der Waals surface area contributed by atoms with E-state index < -0.39 is 5.95 Å². The van der Waals surface area contributed by atoms with Crippen LogP contribution in [0.5, 0.6) is 0 Å². The van der Waals surface area contributed by atoms with Crippen molar-refractivity contribution in [1.82, 2.24) is 0 Å². The van der Waals surface area contributed by atoms with E-state index in [0.29, 0.717) is 3.92 Å². The molecule has 0 saturated carbocycles. The van der Waals surface area contributed by atoms with Crippen molar-refractivity contribution in [3.63, 3.8) is 0 Å². The topological polar surface area (TPSA) is 40.5 Å². The van der Waals surface area contributed by atoms with Crippen LogP contribution in [0.4, 0.5) is 0 Å². The molecule has 2 N–H and O–H groups in total. The summed E-state index contributed by atoms with van der Waals surface area (Å²) >= 11 is 6.91. The second kappa shape index (κ2) is 7.89. The molecule has 0 heterocycles. The van der Waals surface area contributed by atoms with E-state index in [4.69, 9.17) is 10.2 Å². The van der Waals surface area contributed by atoms with Gasteiger partial charge in [0, 0.05) is 13.9 Å². The first-order chi connectivity index (χ1) is 5.57. The molecule has 0 rings (SSSR count). The lowest BCUT2D eigenvalue weighted by atomic mass is 10.2. The van der Waals surface area contributed by atoms with Gasteiger partial charge in [0.15, 0.2) is 0 Å². The summed E-state index contributed by atoms with van der Waals surface area (Å²) in [5, 5.41) is 17.2. The molecule has 0 aliphatic rings. The Kier molecular flexibility index (Phi) is 8.90. The number of alkyl halides is 3. The van der Waals surface area contributed by atoms with E-state index in [1.54, 1.807) is 0 Å². The monoisotopic (exact) mass is 508 g/mol. The number of aliphatic hydroxyl groups is 2. The van der Waals surface area contributed by atoms with Gasteiger partial charge in [-0.1, -0.05) is 67.8 Å². The number of hydrogen-bond donors (Lipinski definition) is 2. The molecular weight excluding hydrogens is 497 g/mol.